The van der Waals surface area contributed by atoms with Gasteiger partial charge in [-0.3, -0.25) is 9.59 Å². The maximum absolute atomic E-state index is 16.0. The molecule has 0 aromatic rings. The number of halogens is 2. The van der Waals surface area contributed by atoms with Crippen molar-refractivity contribution in [2.75, 3.05) is 7.11 Å². The number of methoxy groups -OCH3 is 1. The average Bonchev–Trinajstić information content (AvgIpc) is 3.12. The summed E-state index contributed by atoms with van der Waals surface area (Å²) >= 11 is 0. The molecule has 34 heavy (non-hydrogen) atoms. The van der Waals surface area contributed by atoms with Crippen molar-refractivity contribution < 1.29 is 33.0 Å². The van der Waals surface area contributed by atoms with Gasteiger partial charge < -0.3 is 14.6 Å². The third-order valence-corrected chi connectivity index (χ3v) is 10.8. The minimum atomic E-state index is -2.86. The second-order valence-electron chi connectivity index (χ2n) is 12.3. The van der Waals surface area contributed by atoms with Crippen molar-refractivity contribution in [3.05, 3.63) is 0 Å². The molecule has 4 fully saturated rings. The molecule has 0 radical (unpaired) electrons. The highest BCUT2D eigenvalue weighted by Gasteiger charge is 2.69. The number of aliphatic hydroxyl groups is 1. The SMILES string of the molecule is COC(=O)CC[C@@H](C)[C@H]1CC[C@H]2[C@H]3[C@H](CC[C@]12C)[C@@]1(C)CC[C@H](OC(C)=O)[C@H](O)[C@@H]1CC3(F)F. The van der Waals surface area contributed by atoms with Gasteiger partial charge in [-0.15, -0.1) is 0 Å². The zero-order valence-electron chi connectivity index (χ0n) is 21.3. The van der Waals surface area contributed by atoms with E-state index in [9.17, 15) is 14.7 Å². The van der Waals surface area contributed by atoms with E-state index < -0.39 is 35.9 Å². The molecule has 4 aliphatic carbocycles. The Morgan fingerprint density at radius 2 is 1.68 bits per heavy atom. The molecule has 7 heteroatoms. The predicted octanol–water partition coefficient (Wildman–Crippen LogP) is 5.38. The molecule has 0 heterocycles. The highest BCUT2D eigenvalue weighted by molar-refractivity contribution is 5.69. The van der Waals surface area contributed by atoms with Gasteiger partial charge in [0.15, 0.2) is 0 Å². The largest absolute Gasteiger partial charge is 0.469 e. The van der Waals surface area contributed by atoms with Gasteiger partial charge in [0, 0.05) is 25.7 Å². The first-order valence-corrected chi connectivity index (χ1v) is 13.1. The van der Waals surface area contributed by atoms with Crippen LogP contribution >= 0.6 is 0 Å². The molecule has 0 saturated heterocycles. The summed E-state index contributed by atoms with van der Waals surface area (Å²) in [6, 6.07) is 0. The molecule has 4 rings (SSSR count). The first-order chi connectivity index (χ1) is 15.8. The van der Waals surface area contributed by atoms with Crippen LogP contribution in [0.15, 0.2) is 0 Å². The zero-order chi connectivity index (χ0) is 25.1. The quantitative estimate of drug-likeness (QED) is 0.530. The summed E-state index contributed by atoms with van der Waals surface area (Å²) < 4.78 is 42.1. The molecule has 194 valence electrons. The van der Waals surface area contributed by atoms with Crippen molar-refractivity contribution in [1.82, 2.24) is 0 Å². The van der Waals surface area contributed by atoms with E-state index in [1.165, 1.54) is 14.0 Å². The summed E-state index contributed by atoms with van der Waals surface area (Å²) in [5, 5.41) is 11.0. The Labute approximate surface area is 202 Å². The van der Waals surface area contributed by atoms with Gasteiger partial charge >= 0.3 is 11.9 Å². The Balaban J connectivity index is 1.57. The van der Waals surface area contributed by atoms with Crippen LogP contribution in [-0.4, -0.2) is 42.3 Å². The maximum atomic E-state index is 16.0. The van der Waals surface area contributed by atoms with E-state index in [4.69, 9.17) is 9.47 Å². The molecule has 0 bridgehead atoms. The molecule has 4 aliphatic rings. The summed E-state index contributed by atoms with van der Waals surface area (Å²) in [6.45, 7) is 7.79. The first-order valence-electron chi connectivity index (χ1n) is 13.1. The Morgan fingerprint density at radius 3 is 2.32 bits per heavy atom. The molecular weight excluding hydrogens is 442 g/mol. The standard InChI is InChI=1S/C27H42F2O5/c1-15(6-9-22(31)33-5)17-7-8-18-23-19(10-12-25(17,18)3)26(4)13-11-21(34-16(2)30)24(32)20(26)14-27(23,28)29/h15,17-21,23-24,32H,6-14H2,1-5H3/t15-,17-,18+,19+,20+,21+,23+,24-,25-,26-/m1/s1. The van der Waals surface area contributed by atoms with Gasteiger partial charge in [-0.05, 0) is 85.4 Å². The molecule has 1 N–H and O–H groups in total. The van der Waals surface area contributed by atoms with Crippen LogP contribution in [-0.2, 0) is 19.1 Å². The molecule has 0 aliphatic heterocycles. The second-order valence-corrected chi connectivity index (χ2v) is 12.3. The Morgan fingerprint density at radius 1 is 1.03 bits per heavy atom. The van der Waals surface area contributed by atoms with E-state index in [1.807, 2.05) is 0 Å². The Kier molecular flexibility index (Phi) is 6.85. The van der Waals surface area contributed by atoms with Gasteiger partial charge in [0.25, 0.3) is 5.92 Å². The van der Waals surface area contributed by atoms with Crippen LogP contribution in [0.4, 0.5) is 8.78 Å². The van der Waals surface area contributed by atoms with E-state index in [2.05, 4.69) is 20.8 Å². The Hall–Kier alpha value is -1.24. The number of carbonyl (C=O) groups is 2. The topological polar surface area (TPSA) is 72.8 Å². The van der Waals surface area contributed by atoms with Gasteiger partial charge in [0.1, 0.15) is 6.10 Å². The fourth-order valence-corrected chi connectivity index (χ4v) is 9.14. The first kappa shape index (κ1) is 25.8. The maximum Gasteiger partial charge on any atom is 0.305 e. The summed E-state index contributed by atoms with van der Waals surface area (Å²) in [6.07, 6.45) is 3.65. The van der Waals surface area contributed by atoms with Crippen LogP contribution in [0, 0.1) is 46.3 Å². The minimum absolute atomic E-state index is 0.0482. The molecule has 0 unspecified atom stereocenters. The number of esters is 2. The zero-order valence-corrected chi connectivity index (χ0v) is 21.3. The van der Waals surface area contributed by atoms with E-state index >= 15 is 8.78 Å². The molecule has 0 amide bonds. The number of carbonyl (C=O) groups excluding carboxylic acids is 2. The molecule has 0 spiro atoms. The van der Waals surface area contributed by atoms with E-state index in [0.29, 0.717) is 25.2 Å². The number of hydrogen-bond donors (Lipinski definition) is 1. The number of rotatable bonds is 5. The summed E-state index contributed by atoms with van der Waals surface area (Å²) in [4.78, 5) is 23.2. The van der Waals surface area contributed by atoms with Crippen LogP contribution in [0.3, 0.4) is 0 Å². The normalized spacial score (nSPS) is 45.9. The van der Waals surface area contributed by atoms with Gasteiger partial charge in [0.05, 0.1) is 13.2 Å². The number of fused-ring (bicyclic) bond motifs is 5. The van der Waals surface area contributed by atoms with Crippen LogP contribution in [0.5, 0.6) is 0 Å². The van der Waals surface area contributed by atoms with E-state index in [-0.39, 0.29) is 41.0 Å². The lowest BCUT2D eigenvalue weighted by atomic mass is 9.43. The van der Waals surface area contributed by atoms with Crippen molar-refractivity contribution in [3.63, 3.8) is 0 Å². The molecule has 5 nitrogen and oxygen atoms in total. The predicted molar refractivity (Wildman–Crippen MR) is 123 cm³/mol. The molecular formula is C27H42F2O5. The number of aliphatic hydroxyl groups excluding tert-OH is 1. The fourth-order valence-electron chi connectivity index (χ4n) is 9.14. The van der Waals surface area contributed by atoms with Crippen molar-refractivity contribution in [2.24, 2.45) is 46.3 Å². The van der Waals surface area contributed by atoms with Crippen molar-refractivity contribution >= 4 is 11.9 Å². The highest BCUT2D eigenvalue weighted by atomic mass is 19.3. The average molecular weight is 485 g/mol. The lowest BCUT2D eigenvalue weighted by molar-refractivity contribution is -0.259. The number of alkyl halides is 2. The van der Waals surface area contributed by atoms with E-state index in [0.717, 1.165) is 32.1 Å². The highest BCUT2D eigenvalue weighted by Crippen LogP contribution is 2.71. The molecule has 4 saturated carbocycles. The summed E-state index contributed by atoms with van der Waals surface area (Å²) in [5.74, 6) is -4.36. The van der Waals surface area contributed by atoms with Crippen LogP contribution in [0.25, 0.3) is 0 Å². The second kappa shape index (κ2) is 9.01. The third kappa shape index (κ3) is 4.08. The molecule has 0 aromatic heterocycles. The lowest BCUT2D eigenvalue weighted by Crippen LogP contribution is -2.64. The van der Waals surface area contributed by atoms with Crippen molar-refractivity contribution in [2.45, 2.75) is 104 Å². The summed E-state index contributed by atoms with van der Waals surface area (Å²) in [7, 11) is 1.40. The van der Waals surface area contributed by atoms with E-state index in [1.54, 1.807) is 0 Å². The van der Waals surface area contributed by atoms with Crippen molar-refractivity contribution in [1.29, 1.82) is 0 Å². The fraction of sp³-hybridized carbons (Fsp3) is 0.926. The van der Waals surface area contributed by atoms with Crippen LogP contribution in [0.2, 0.25) is 0 Å². The van der Waals surface area contributed by atoms with Gasteiger partial charge in [0.2, 0.25) is 0 Å². The number of hydrogen-bond acceptors (Lipinski definition) is 5. The van der Waals surface area contributed by atoms with Crippen LogP contribution < -0.4 is 0 Å². The minimum Gasteiger partial charge on any atom is -0.469 e. The van der Waals surface area contributed by atoms with Crippen molar-refractivity contribution in [3.8, 4) is 0 Å². The lowest BCUT2D eigenvalue weighted by Gasteiger charge is -2.63. The third-order valence-electron chi connectivity index (χ3n) is 10.8. The monoisotopic (exact) mass is 484 g/mol. The summed E-state index contributed by atoms with van der Waals surface area (Å²) in [5.41, 5.74) is -0.533. The molecule has 10 atom stereocenters. The smallest absolute Gasteiger partial charge is 0.305 e. The number of ether oxygens (including phenoxy) is 2. The van der Waals surface area contributed by atoms with Gasteiger partial charge in [-0.1, -0.05) is 20.8 Å². The Bertz CT molecular complexity index is 802. The van der Waals surface area contributed by atoms with Gasteiger partial charge in [-0.2, -0.15) is 0 Å². The molecule has 0 aromatic carbocycles. The van der Waals surface area contributed by atoms with Crippen LogP contribution in [0.1, 0.15) is 85.5 Å². The van der Waals surface area contributed by atoms with Gasteiger partial charge in [-0.25, -0.2) is 8.78 Å².